The third-order valence-electron chi connectivity index (χ3n) is 7.64. The quantitative estimate of drug-likeness (QED) is 0.0574. The van der Waals surface area contributed by atoms with E-state index in [-0.39, 0.29) is 0 Å². The van der Waals surface area contributed by atoms with Crippen LogP contribution in [-0.2, 0) is 9.78 Å². The van der Waals surface area contributed by atoms with Crippen LogP contribution in [-0.4, -0.2) is 55.8 Å². The molecule has 6 heteroatoms. The maximum atomic E-state index is 8.35. The van der Waals surface area contributed by atoms with Gasteiger partial charge in [-0.2, -0.15) is 0 Å². The lowest BCUT2D eigenvalue weighted by Gasteiger charge is -2.35. The van der Waals surface area contributed by atoms with Gasteiger partial charge < -0.3 is 10.6 Å². The topological polar surface area (TPSA) is 88.2 Å². The molecule has 1 aliphatic rings. The largest absolute Gasteiger partial charge is 0.330 e. The van der Waals surface area contributed by atoms with E-state index in [0.717, 1.165) is 51.1 Å². The van der Waals surface area contributed by atoms with Crippen LogP contribution in [0.5, 0.6) is 0 Å². The molecule has 0 fully saturated rings. The molecule has 0 aromatic carbocycles. The molecule has 0 radical (unpaired) electrons. The Hall–Kier alpha value is -0.760. The molecule has 4 atom stereocenters. The highest BCUT2D eigenvalue weighted by atomic mass is 17.1. The molecule has 0 saturated carbocycles. The van der Waals surface area contributed by atoms with Crippen molar-refractivity contribution in [2.24, 2.45) is 29.4 Å². The standard InChI is InChI=1S/C26H48O4.C5H14N2/c1-23-19-20-25(17-13-9-6-8-12-16-22-30-28)26(24(23)2)18-14-10-5-3-4-7-11-15-21-29-27;1-7(2)5-3-4-6/h14,18-20,23-28H,3-13,15-17,21-22H2,1-2H3;3-6H2,1-2H3/b18-14-;. The number of unbranched alkanes of at least 4 members (excludes halogenated alkanes) is 11. The van der Waals surface area contributed by atoms with Crippen LogP contribution < -0.4 is 5.73 Å². The fourth-order valence-corrected chi connectivity index (χ4v) is 5.02. The first kappa shape index (κ1) is 36.2. The Morgan fingerprint density at radius 3 is 1.81 bits per heavy atom. The third kappa shape index (κ3) is 21.8. The second-order valence-corrected chi connectivity index (χ2v) is 11.2. The highest BCUT2D eigenvalue weighted by molar-refractivity contribution is 5.08. The van der Waals surface area contributed by atoms with Crippen molar-refractivity contribution in [2.45, 2.75) is 110 Å². The van der Waals surface area contributed by atoms with Crippen molar-refractivity contribution in [1.82, 2.24) is 4.90 Å². The molecule has 220 valence electrons. The third-order valence-corrected chi connectivity index (χ3v) is 7.64. The number of rotatable bonds is 22. The summed E-state index contributed by atoms with van der Waals surface area (Å²) in [5, 5.41) is 16.7. The number of nitrogens with two attached hydrogens (primary N) is 1. The van der Waals surface area contributed by atoms with Crippen LogP contribution in [0.2, 0.25) is 0 Å². The molecule has 0 aromatic rings. The molecule has 0 saturated heterocycles. The van der Waals surface area contributed by atoms with E-state index >= 15 is 0 Å². The summed E-state index contributed by atoms with van der Waals surface area (Å²) in [7, 11) is 4.10. The van der Waals surface area contributed by atoms with Gasteiger partial charge in [-0.3, -0.25) is 10.5 Å². The number of nitrogens with zero attached hydrogens (tertiary/aromatic N) is 1. The fourth-order valence-electron chi connectivity index (χ4n) is 5.02. The van der Waals surface area contributed by atoms with Crippen LogP contribution in [0.4, 0.5) is 0 Å². The summed E-state index contributed by atoms with van der Waals surface area (Å²) in [5.74, 6) is 2.78. The normalized spacial score (nSPS) is 21.5. The van der Waals surface area contributed by atoms with Crippen LogP contribution in [0.3, 0.4) is 0 Å². The van der Waals surface area contributed by atoms with E-state index in [1.165, 1.54) is 64.2 Å². The van der Waals surface area contributed by atoms with Gasteiger partial charge in [-0.1, -0.05) is 95.9 Å². The van der Waals surface area contributed by atoms with E-state index in [2.05, 4.69) is 66.9 Å². The molecule has 4 N–H and O–H groups in total. The zero-order chi connectivity index (χ0) is 27.6. The first-order valence-electron chi connectivity index (χ1n) is 15.2. The van der Waals surface area contributed by atoms with Gasteiger partial charge in [0, 0.05) is 0 Å². The second-order valence-electron chi connectivity index (χ2n) is 11.2. The Labute approximate surface area is 229 Å². The van der Waals surface area contributed by atoms with Crippen LogP contribution in [0, 0.1) is 23.7 Å². The molecule has 0 amide bonds. The van der Waals surface area contributed by atoms with E-state index < -0.39 is 0 Å². The van der Waals surface area contributed by atoms with Crippen molar-refractivity contribution in [3.8, 4) is 0 Å². The average Bonchev–Trinajstić information content (AvgIpc) is 2.89. The molecular formula is C31H62N2O4. The SMILES string of the molecule is CC1C=CC(CCCCCCCCOO)C(/C=C\CCCCCCCCOO)C1C.CN(C)CCCN. The van der Waals surface area contributed by atoms with Gasteiger partial charge in [0.15, 0.2) is 0 Å². The fraction of sp³-hybridized carbons (Fsp3) is 0.871. The minimum absolute atomic E-state index is 0.469. The highest BCUT2D eigenvalue weighted by Crippen LogP contribution is 2.37. The summed E-state index contributed by atoms with van der Waals surface area (Å²) in [6.45, 7) is 7.63. The molecule has 1 aliphatic carbocycles. The Kier molecular flexibility index (Phi) is 26.3. The maximum Gasteiger partial charge on any atom is 0.0819 e. The molecule has 4 unspecified atom stereocenters. The Bertz CT molecular complexity index is 527. The monoisotopic (exact) mass is 526 g/mol. The summed E-state index contributed by atoms with van der Waals surface area (Å²) in [5.41, 5.74) is 5.25. The number of allylic oxidation sites excluding steroid dienone is 4. The Morgan fingerprint density at radius 1 is 0.757 bits per heavy atom. The van der Waals surface area contributed by atoms with E-state index in [4.69, 9.17) is 16.2 Å². The Balaban J connectivity index is 0.00000161. The van der Waals surface area contributed by atoms with Crippen LogP contribution in [0.25, 0.3) is 0 Å². The van der Waals surface area contributed by atoms with Crippen LogP contribution >= 0.6 is 0 Å². The molecular weight excluding hydrogens is 464 g/mol. The molecule has 1 rings (SSSR count). The molecule has 37 heavy (non-hydrogen) atoms. The predicted molar refractivity (Wildman–Crippen MR) is 158 cm³/mol. The van der Waals surface area contributed by atoms with Gasteiger partial charge in [0.25, 0.3) is 0 Å². The van der Waals surface area contributed by atoms with Gasteiger partial charge in [0.05, 0.1) is 13.2 Å². The lowest BCUT2D eigenvalue weighted by molar-refractivity contribution is -0.242. The summed E-state index contributed by atoms with van der Waals surface area (Å²) >= 11 is 0. The maximum absolute atomic E-state index is 8.35. The van der Waals surface area contributed by atoms with Crippen molar-refractivity contribution in [2.75, 3.05) is 40.4 Å². The lowest BCUT2D eigenvalue weighted by atomic mass is 9.70. The van der Waals surface area contributed by atoms with E-state index in [1.54, 1.807) is 0 Å². The van der Waals surface area contributed by atoms with Crippen molar-refractivity contribution in [3.05, 3.63) is 24.3 Å². The predicted octanol–water partition coefficient (Wildman–Crippen LogP) is 7.95. The van der Waals surface area contributed by atoms with Gasteiger partial charge in [0.1, 0.15) is 0 Å². The van der Waals surface area contributed by atoms with Gasteiger partial charge in [-0.15, -0.1) is 0 Å². The summed E-state index contributed by atoms with van der Waals surface area (Å²) in [6, 6.07) is 0. The van der Waals surface area contributed by atoms with Crippen LogP contribution in [0.1, 0.15) is 110 Å². The molecule has 0 aromatic heterocycles. The van der Waals surface area contributed by atoms with E-state index in [9.17, 15) is 0 Å². The van der Waals surface area contributed by atoms with Gasteiger partial charge in [0.2, 0.25) is 0 Å². The molecule has 0 spiro atoms. The van der Waals surface area contributed by atoms with E-state index in [1.807, 2.05) is 0 Å². The number of hydrogen-bond acceptors (Lipinski definition) is 6. The van der Waals surface area contributed by atoms with Crippen molar-refractivity contribution in [3.63, 3.8) is 0 Å². The van der Waals surface area contributed by atoms with Crippen molar-refractivity contribution >= 4 is 0 Å². The minimum Gasteiger partial charge on any atom is -0.330 e. The zero-order valence-electron chi connectivity index (χ0n) is 24.8. The lowest BCUT2D eigenvalue weighted by Crippen LogP contribution is -2.27. The summed E-state index contributed by atoms with van der Waals surface area (Å²) < 4.78 is 0. The molecule has 6 nitrogen and oxygen atoms in total. The van der Waals surface area contributed by atoms with Gasteiger partial charge in [-0.25, -0.2) is 9.78 Å². The van der Waals surface area contributed by atoms with Gasteiger partial charge >= 0.3 is 0 Å². The second kappa shape index (κ2) is 26.8. The summed E-state index contributed by atoms with van der Waals surface area (Å²) in [4.78, 5) is 10.4. The van der Waals surface area contributed by atoms with Crippen molar-refractivity contribution < 1.29 is 20.3 Å². The minimum atomic E-state index is 0.469. The van der Waals surface area contributed by atoms with Crippen LogP contribution in [0.15, 0.2) is 24.3 Å². The van der Waals surface area contributed by atoms with Crippen molar-refractivity contribution in [1.29, 1.82) is 0 Å². The smallest absolute Gasteiger partial charge is 0.0819 e. The molecule has 0 bridgehead atoms. The Morgan fingerprint density at radius 2 is 1.30 bits per heavy atom. The van der Waals surface area contributed by atoms with Gasteiger partial charge in [-0.05, 0) is 89.4 Å². The number of hydrogen-bond donors (Lipinski definition) is 3. The zero-order valence-corrected chi connectivity index (χ0v) is 24.8. The summed E-state index contributed by atoms with van der Waals surface area (Å²) in [6.07, 6.45) is 28.0. The molecule has 0 aliphatic heterocycles. The molecule has 0 heterocycles. The highest BCUT2D eigenvalue weighted by Gasteiger charge is 2.28. The average molecular weight is 527 g/mol. The first-order chi connectivity index (χ1) is 18.0. The first-order valence-corrected chi connectivity index (χ1v) is 15.2. The van der Waals surface area contributed by atoms with E-state index in [0.29, 0.717) is 31.0 Å².